The van der Waals surface area contributed by atoms with Crippen molar-refractivity contribution in [3.63, 3.8) is 0 Å². The first-order valence-corrected chi connectivity index (χ1v) is 7.98. The van der Waals surface area contributed by atoms with Gasteiger partial charge in [0.2, 0.25) is 0 Å². The van der Waals surface area contributed by atoms with Crippen LogP contribution >= 0.6 is 0 Å². The van der Waals surface area contributed by atoms with Gasteiger partial charge < -0.3 is 10.5 Å². The SMILES string of the molecule is CCN(CC)C1CCCCC1Oc1cccc(CN)c1. The summed E-state index contributed by atoms with van der Waals surface area (Å²) in [5.74, 6) is 0.969. The summed E-state index contributed by atoms with van der Waals surface area (Å²) < 4.78 is 6.30. The Balaban J connectivity index is 2.07. The number of benzene rings is 1. The number of hydrogen-bond acceptors (Lipinski definition) is 3. The molecule has 1 aliphatic carbocycles. The lowest BCUT2D eigenvalue weighted by Crippen LogP contribution is -2.47. The molecule has 0 saturated heterocycles. The number of ether oxygens (including phenoxy) is 1. The lowest BCUT2D eigenvalue weighted by Gasteiger charge is -2.39. The maximum absolute atomic E-state index is 6.30. The van der Waals surface area contributed by atoms with Gasteiger partial charge in [0.05, 0.1) is 0 Å². The average Bonchev–Trinajstić information content (AvgIpc) is 2.50. The summed E-state index contributed by atoms with van der Waals surface area (Å²) in [5.41, 5.74) is 6.84. The van der Waals surface area contributed by atoms with Gasteiger partial charge in [-0.2, -0.15) is 0 Å². The van der Waals surface area contributed by atoms with E-state index in [0.29, 0.717) is 18.7 Å². The van der Waals surface area contributed by atoms with Gasteiger partial charge >= 0.3 is 0 Å². The smallest absolute Gasteiger partial charge is 0.120 e. The van der Waals surface area contributed by atoms with Crippen LogP contribution in [-0.4, -0.2) is 30.1 Å². The topological polar surface area (TPSA) is 38.5 Å². The molecule has 3 nitrogen and oxygen atoms in total. The van der Waals surface area contributed by atoms with Crippen molar-refractivity contribution in [2.45, 2.75) is 58.2 Å². The quantitative estimate of drug-likeness (QED) is 0.867. The van der Waals surface area contributed by atoms with Crippen LogP contribution in [0.5, 0.6) is 5.75 Å². The second kappa shape index (κ2) is 7.65. The monoisotopic (exact) mass is 276 g/mol. The number of nitrogens with two attached hydrogens (primary N) is 1. The summed E-state index contributed by atoms with van der Waals surface area (Å²) in [7, 11) is 0. The zero-order chi connectivity index (χ0) is 14.4. The fraction of sp³-hybridized carbons (Fsp3) is 0.647. The minimum Gasteiger partial charge on any atom is -0.489 e. The fourth-order valence-corrected chi connectivity index (χ4v) is 3.25. The molecule has 0 aromatic heterocycles. The molecule has 0 radical (unpaired) electrons. The predicted octanol–water partition coefficient (Wildman–Crippen LogP) is 3.18. The normalized spacial score (nSPS) is 23.0. The number of rotatable bonds is 6. The standard InChI is InChI=1S/C17H28N2O/c1-3-19(4-2)16-10-5-6-11-17(16)20-15-9-7-8-14(12-15)13-18/h7-9,12,16-17H,3-6,10-11,13,18H2,1-2H3. The Morgan fingerprint density at radius 2 is 1.95 bits per heavy atom. The molecular formula is C17H28N2O. The maximum Gasteiger partial charge on any atom is 0.120 e. The molecule has 1 saturated carbocycles. The van der Waals surface area contributed by atoms with Crippen molar-refractivity contribution in [3.05, 3.63) is 29.8 Å². The molecule has 2 unspecified atom stereocenters. The van der Waals surface area contributed by atoms with Crippen molar-refractivity contribution in [2.75, 3.05) is 13.1 Å². The zero-order valence-corrected chi connectivity index (χ0v) is 12.8. The number of nitrogens with zero attached hydrogens (tertiary/aromatic N) is 1. The molecule has 0 amide bonds. The van der Waals surface area contributed by atoms with E-state index >= 15 is 0 Å². The summed E-state index contributed by atoms with van der Waals surface area (Å²) in [5, 5.41) is 0. The van der Waals surface area contributed by atoms with E-state index in [4.69, 9.17) is 10.5 Å². The molecule has 1 aliphatic rings. The summed E-state index contributed by atoms with van der Waals surface area (Å²) in [4.78, 5) is 2.54. The van der Waals surface area contributed by atoms with Gasteiger partial charge in [0, 0.05) is 12.6 Å². The van der Waals surface area contributed by atoms with Crippen LogP contribution in [0.3, 0.4) is 0 Å². The van der Waals surface area contributed by atoms with E-state index in [1.165, 1.54) is 19.3 Å². The Bertz CT molecular complexity index is 404. The van der Waals surface area contributed by atoms with Gasteiger partial charge in [-0.1, -0.05) is 32.4 Å². The third-order valence-electron chi connectivity index (χ3n) is 4.37. The van der Waals surface area contributed by atoms with Crippen molar-refractivity contribution < 1.29 is 4.74 Å². The van der Waals surface area contributed by atoms with Crippen molar-refractivity contribution >= 4 is 0 Å². The first-order chi connectivity index (χ1) is 9.78. The molecule has 2 rings (SSSR count). The van der Waals surface area contributed by atoms with E-state index in [-0.39, 0.29) is 0 Å². The average molecular weight is 276 g/mol. The van der Waals surface area contributed by atoms with Crippen molar-refractivity contribution in [1.29, 1.82) is 0 Å². The highest BCUT2D eigenvalue weighted by molar-refractivity contribution is 5.28. The van der Waals surface area contributed by atoms with Gasteiger partial charge in [0.1, 0.15) is 11.9 Å². The van der Waals surface area contributed by atoms with E-state index in [0.717, 1.165) is 30.8 Å². The van der Waals surface area contributed by atoms with Crippen molar-refractivity contribution in [1.82, 2.24) is 4.90 Å². The Morgan fingerprint density at radius 3 is 2.65 bits per heavy atom. The second-order valence-corrected chi connectivity index (χ2v) is 5.58. The van der Waals surface area contributed by atoms with Gasteiger partial charge in [-0.05, 0) is 50.0 Å². The van der Waals surface area contributed by atoms with Crippen LogP contribution in [0.2, 0.25) is 0 Å². The van der Waals surface area contributed by atoms with E-state index < -0.39 is 0 Å². The Labute approximate surface area is 123 Å². The fourth-order valence-electron chi connectivity index (χ4n) is 3.25. The highest BCUT2D eigenvalue weighted by Gasteiger charge is 2.30. The molecule has 1 fully saturated rings. The summed E-state index contributed by atoms with van der Waals surface area (Å²) in [6, 6.07) is 8.77. The van der Waals surface area contributed by atoms with Crippen LogP contribution in [0.15, 0.2) is 24.3 Å². The molecule has 112 valence electrons. The Morgan fingerprint density at radius 1 is 1.20 bits per heavy atom. The highest BCUT2D eigenvalue weighted by atomic mass is 16.5. The molecule has 0 bridgehead atoms. The van der Waals surface area contributed by atoms with Gasteiger partial charge in [-0.25, -0.2) is 0 Å². The van der Waals surface area contributed by atoms with Crippen LogP contribution in [0.25, 0.3) is 0 Å². The van der Waals surface area contributed by atoms with Crippen LogP contribution in [-0.2, 0) is 6.54 Å². The van der Waals surface area contributed by atoms with Crippen molar-refractivity contribution in [3.8, 4) is 5.75 Å². The maximum atomic E-state index is 6.30. The Kier molecular flexibility index (Phi) is 5.86. The molecule has 1 aromatic rings. The third-order valence-corrected chi connectivity index (χ3v) is 4.37. The molecule has 0 heterocycles. The largest absolute Gasteiger partial charge is 0.489 e. The first kappa shape index (κ1) is 15.3. The van der Waals surface area contributed by atoms with Crippen LogP contribution < -0.4 is 10.5 Å². The summed E-state index contributed by atoms with van der Waals surface area (Å²) in [6.45, 7) is 7.25. The molecule has 0 aliphatic heterocycles. The third kappa shape index (κ3) is 3.74. The minimum absolute atomic E-state index is 0.316. The zero-order valence-electron chi connectivity index (χ0n) is 12.8. The molecule has 2 atom stereocenters. The van der Waals surface area contributed by atoms with Crippen molar-refractivity contribution in [2.24, 2.45) is 5.73 Å². The van der Waals surface area contributed by atoms with Crippen LogP contribution in [0, 0.1) is 0 Å². The van der Waals surface area contributed by atoms with Crippen LogP contribution in [0.1, 0.15) is 45.1 Å². The summed E-state index contributed by atoms with van der Waals surface area (Å²) >= 11 is 0. The molecule has 2 N–H and O–H groups in total. The van der Waals surface area contributed by atoms with E-state index in [1.807, 2.05) is 12.1 Å². The number of hydrogen-bond donors (Lipinski definition) is 1. The molecule has 1 aromatic carbocycles. The predicted molar refractivity (Wildman–Crippen MR) is 83.9 cm³/mol. The van der Waals surface area contributed by atoms with Gasteiger partial charge in [-0.3, -0.25) is 4.90 Å². The second-order valence-electron chi connectivity index (χ2n) is 5.58. The van der Waals surface area contributed by atoms with Crippen LogP contribution in [0.4, 0.5) is 0 Å². The lowest BCUT2D eigenvalue weighted by molar-refractivity contribution is 0.0412. The summed E-state index contributed by atoms with van der Waals surface area (Å²) in [6.07, 6.45) is 5.33. The molecular weight excluding hydrogens is 248 g/mol. The molecule has 20 heavy (non-hydrogen) atoms. The molecule has 3 heteroatoms. The minimum atomic E-state index is 0.316. The highest BCUT2D eigenvalue weighted by Crippen LogP contribution is 2.27. The number of likely N-dealkylation sites (N-methyl/N-ethyl adjacent to an activating group) is 1. The first-order valence-electron chi connectivity index (χ1n) is 7.98. The van der Waals surface area contributed by atoms with E-state index in [9.17, 15) is 0 Å². The van der Waals surface area contributed by atoms with Gasteiger partial charge in [-0.15, -0.1) is 0 Å². The Hall–Kier alpha value is -1.06. The van der Waals surface area contributed by atoms with Gasteiger partial charge in [0.25, 0.3) is 0 Å². The van der Waals surface area contributed by atoms with E-state index in [2.05, 4.69) is 30.9 Å². The lowest BCUT2D eigenvalue weighted by atomic mass is 9.91. The van der Waals surface area contributed by atoms with Gasteiger partial charge in [0.15, 0.2) is 0 Å². The van der Waals surface area contributed by atoms with E-state index in [1.54, 1.807) is 0 Å². The molecule has 0 spiro atoms.